The maximum absolute atomic E-state index is 9.70. The summed E-state index contributed by atoms with van der Waals surface area (Å²) in [4.78, 5) is 2.60. The maximum Gasteiger partial charge on any atom is 0.0687 e. The Morgan fingerprint density at radius 3 is 2.67 bits per heavy atom. The molecule has 0 aromatic heterocycles. The van der Waals surface area contributed by atoms with Gasteiger partial charge in [0.2, 0.25) is 0 Å². The van der Waals surface area contributed by atoms with E-state index in [1.807, 2.05) is 0 Å². The van der Waals surface area contributed by atoms with Crippen molar-refractivity contribution in [3.8, 4) is 0 Å². The van der Waals surface area contributed by atoms with Crippen LogP contribution in [-0.4, -0.2) is 47.8 Å². The van der Waals surface area contributed by atoms with E-state index in [2.05, 4.69) is 24.1 Å². The first kappa shape index (κ1) is 11.4. The predicted octanol–water partition coefficient (Wildman–Crippen LogP) is 0.830. The van der Waals surface area contributed by atoms with Crippen molar-refractivity contribution in [3.63, 3.8) is 0 Å². The van der Waals surface area contributed by atoms with Crippen molar-refractivity contribution in [2.75, 3.05) is 19.6 Å². The van der Waals surface area contributed by atoms with Crippen LogP contribution in [0.1, 0.15) is 33.1 Å². The van der Waals surface area contributed by atoms with Crippen LogP contribution < -0.4 is 5.32 Å². The van der Waals surface area contributed by atoms with Gasteiger partial charge in [0.15, 0.2) is 0 Å². The van der Waals surface area contributed by atoms with Crippen molar-refractivity contribution in [2.45, 2.75) is 51.3 Å². The molecule has 0 aromatic rings. The summed E-state index contributed by atoms with van der Waals surface area (Å²) in [6.07, 6.45) is 3.87. The van der Waals surface area contributed by atoms with Gasteiger partial charge >= 0.3 is 0 Å². The van der Waals surface area contributed by atoms with Crippen molar-refractivity contribution in [3.05, 3.63) is 0 Å². The van der Waals surface area contributed by atoms with Gasteiger partial charge in [-0.2, -0.15) is 0 Å². The van der Waals surface area contributed by atoms with Crippen molar-refractivity contribution >= 4 is 0 Å². The lowest BCUT2D eigenvalue weighted by Gasteiger charge is -2.19. The fourth-order valence-electron chi connectivity index (χ4n) is 2.25. The molecule has 3 heteroatoms. The minimum atomic E-state index is -0.194. The Morgan fingerprint density at radius 1 is 1.33 bits per heavy atom. The molecule has 3 nitrogen and oxygen atoms in total. The molecule has 2 rings (SSSR count). The van der Waals surface area contributed by atoms with Crippen molar-refractivity contribution in [2.24, 2.45) is 5.92 Å². The van der Waals surface area contributed by atoms with E-state index >= 15 is 0 Å². The quantitative estimate of drug-likeness (QED) is 0.708. The van der Waals surface area contributed by atoms with Crippen LogP contribution in [0.5, 0.6) is 0 Å². The third-order valence-electron chi connectivity index (χ3n) is 3.67. The summed E-state index contributed by atoms with van der Waals surface area (Å²) in [6.45, 7) is 7.32. The number of hydrogen-bond donors (Lipinski definition) is 2. The zero-order valence-corrected chi connectivity index (χ0v) is 9.95. The van der Waals surface area contributed by atoms with Gasteiger partial charge in [0.1, 0.15) is 0 Å². The van der Waals surface area contributed by atoms with Gasteiger partial charge in [0.25, 0.3) is 0 Å². The van der Waals surface area contributed by atoms with Gasteiger partial charge in [-0.1, -0.05) is 13.8 Å². The molecule has 0 aromatic carbocycles. The van der Waals surface area contributed by atoms with Gasteiger partial charge in [-0.25, -0.2) is 0 Å². The zero-order valence-electron chi connectivity index (χ0n) is 9.95. The van der Waals surface area contributed by atoms with Crippen LogP contribution in [0.25, 0.3) is 0 Å². The summed E-state index contributed by atoms with van der Waals surface area (Å²) < 4.78 is 0. The molecular weight excluding hydrogens is 188 g/mol. The molecule has 1 aliphatic heterocycles. The summed E-state index contributed by atoms with van der Waals surface area (Å²) in [5.74, 6) is 0.360. The molecule has 1 saturated heterocycles. The lowest BCUT2D eigenvalue weighted by molar-refractivity contribution is 0.120. The molecule has 2 fully saturated rings. The molecule has 1 heterocycles. The maximum atomic E-state index is 9.70. The minimum absolute atomic E-state index is 0.194. The highest BCUT2D eigenvalue weighted by molar-refractivity contribution is 4.92. The molecule has 0 spiro atoms. The highest BCUT2D eigenvalue weighted by atomic mass is 16.3. The van der Waals surface area contributed by atoms with Gasteiger partial charge in [-0.3, -0.25) is 4.90 Å². The molecule has 2 aliphatic rings. The highest BCUT2D eigenvalue weighted by Gasteiger charge is 2.34. The van der Waals surface area contributed by atoms with Gasteiger partial charge in [-0.05, 0) is 25.2 Å². The minimum Gasteiger partial charge on any atom is -0.392 e. The number of nitrogens with zero attached hydrogens (tertiary/aromatic N) is 1. The Morgan fingerprint density at radius 2 is 2.07 bits per heavy atom. The van der Waals surface area contributed by atoms with Gasteiger partial charge in [0, 0.05) is 31.7 Å². The van der Waals surface area contributed by atoms with E-state index < -0.39 is 0 Å². The Hall–Kier alpha value is -0.120. The van der Waals surface area contributed by atoms with E-state index in [9.17, 15) is 5.11 Å². The smallest absolute Gasteiger partial charge is 0.0687 e. The SMILES string of the molecule is CC(C)C(O)CNC1CCN(C2CC2)C1. The van der Waals surface area contributed by atoms with Crippen molar-refractivity contribution in [1.82, 2.24) is 10.2 Å². The number of rotatable bonds is 5. The molecule has 2 atom stereocenters. The predicted molar refractivity (Wildman–Crippen MR) is 61.8 cm³/mol. The third kappa shape index (κ3) is 3.16. The molecule has 15 heavy (non-hydrogen) atoms. The topological polar surface area (TPSA) is 35.5 Å². The second kappa shape index (κ2) is 4.81. The fourth-order valence-corrected chi connectivity index (χ4v) is 2.25. The molecule has 0 radical (unpaired) electrons. The van der Waals surface area contributed by atoms with E-state index in [1.165, 1.54) is 32.4 Å². The average molecular weight is 212 g/mol. The van der Waals surface area contributed by atoms with E-state index in [0.717, 1.165) is 12.6 Å². The number of nitrogens with one attached hydrogen (secondary N) is 1. The zero-order chi connectivity index (χ0) is 10.8. The van der Waals surface area contributed by atoms with Crippen LogP contribution in [0.4, 0.5) is 0 Å². The second-order valence-corrected chi connectivity index (χ2v) is 5.43. The number of aliphatic hydroxyl groups is 1. The first-order valence-electron chi connectivity index (χ1n) is 6.32. The largest absolute Gasteiger partial charge is 0.392 e. The third-order valence-corrected chi connectivity index (χ3v) is 3.67. The Bertz CT molecular complexity index is 204. The van der Waals surface area contributed by atoms with Crippen molar-refractivity contribution in [1.29, 1.82) is 0 Å². The van der Waals surface area contributed by atoms with E-state index in [0.29, 0.717) is 12.0 Å². The lowest BCUT2D eigenvalue weighted by atomic mass is 10.1. The molecule has 2 unspecified atom stereocenters. The molecule has 1 aliphatic carbocycles. The van der Waals surface area contributed by atoms with Crippen LogP contribution in [0.2, 0.25) is 0 Å². The number of likely N-dealkylation sites (tertiary alicyclic amines) is 1. The average Bonchev–Trinajstić information content (AvgIpc) is 2.95. The molecule has 0 bridgehead atoms. The summed E-state index contributed by atoms with van der Waals surface area (Å²) in [5, 5.41) is 13.2. The molecular formula is C12H24N2O. The normalized spacial score (nSPS) is 30.0. The van der Waals surface area contributed by atoms with E-state index in [1.54, 1.807) is 0 Å². The molecule has 1 saturated carbocycles. The second-order valence-electron chi connectivity index (χ2n) is 5.43. The first-order valence-corrected chi connectivity index (χ1v) is 6.32. The van der Waals surface area contributed by atoms with Crippen LogP contribution in [-0.2, 0) is 0 Å². The summed E-state index contributed by atoms with van der Waals surface area (Å²) >= 11 is 0. The fraction of sp³-hybridized carbons (Fsp3) is 1.00. The summed E-state index contributed by atoms with van der Waals surface area (Å²) in [5.41, 5.74) is 0. The van der Waals surface area contributed by atoms with Crippen LogP contribution in [0.3, 0.4) is 0 Å². The van der Waals surface area contributed by atoms with Gasteiger partial charge in [-0.15, -0.1) is 0 Å². The monoisotopic (exact) mass is 212 g/mol. The van der Waals surface area contributed by atoms with Crippen molar-refractivity contribution < 1.29 is 5.11 Å². The Kier molecular flexibility index (Phi) is 3.65. The van der Waals surface area contributed by atoms with Crippen LogP contribution in [0, 0.1) is 5.92 Å². The number of aliphatic hydroxyl groups excluding tert-OH is 1. The van der Waals surface area contributed by atoms with Crippen LogP contribution in [0.15, 0.2) is 0 Å². The van der Waals surface area contributed by atoms with E-state index in [-0.39, 0.29) is 6.10 Å². The van der Waals surface area contributed by atoms with Gasteiger partial charge in [0.05, 0.1) is 6.10 Å². The Labute approximate surface area is 92.8 Å². The molecule has 0 amide bonds. The van der Waals surface area contributed by atoms with Crippen LogP contribution >= 0.6 is 0 Å². The van der Waals surface area contributed by atoms with Gasteiger partial charge < -0.3 is 10.4 Å². The Balaban J connectivity index is 1.63. The standard InChI is InChI=1S/C12H24N2O/c1-9(2)12(15)7-13-10-5-6-14(8-10)11-3-4-11/h9-13,15H,3-8H2,1-2H3. The summed E-state index contributed by atoms with van der Waals surface area (Å²) in [7, 11) is 0. The highest BCUT2D eigenvalue weighted by Crippen LogP contribution is 2.29. The molecule has 2 N–H and O–H groups in total. The summed E-state index contributed by atoms with van der Waals surface area (Å²) in [6, 6.07) is 1.51. The van der Waals surface area contributed by atoms with E-state index in [4.69, 9.17) is 0 Å². The molecule has 88 valence electrons. The number of hydrogen-bond acceptors (Lipinski definition) is 3. The lowest BCUT2D eigenvalue weighted by Crippen LogP contribution is -2.39. The first-order chi connectivity index (χ1) is 7.16.